The van der Waals surface area contributed by atoms with Gasteiger partial charge in [0.25, 0.3) is 5.56 Å². The molecule has 0 fully saturated rings. The van der Waals surface area contributed by atoms with E-state index in [1.807, 2.05) is 18.2 Å². The molecule has 1 heterocycles. The van der Waals surface area contributed by atoms with Crippen molar-refractivity contribution in [2.45, 2.75) is 6.92 Å². The van der Waals surface area contributed by atoms with E-state index < -0.39 is 11.8 Å². The highest BCUT2D eigenvalue weighted by Gasteiger charge is 2.14. The standard InChI is InChI=1S/C19H15ClN4O3/c1-11-14(20)6-4-8-15(11)22-18(26)19(27)24-21-10-13-9-12-5-2-3-7-16(12)23-17(13)25/h2-10H,1H3,(H,22,26)(H,23,25)(H,24,27)/b21-10+. The monoisotopic (exact) mass is 382 g/mol. The van der Waals surface area contributed by atoms with Gasteiger partial charge < -0.3 is 10.3 Å². The van der Waals surface area contributed by atoms with Crippen LogP contribution in [0.4, 0.5) is 5.69 Å². The Balaban J connectivity index is 1.68. The fourth-order valence-corrected chi connectivity index (χ4v) is 2.57. The number of aromatic nitrogens is 1. The van der Waals surface area contributed by atoms with Gasteiger partial charge in [0.15, 0.2) is 0 Å². The Labute approximate surface area is 159 Å². The molecule has 8 heteroatoms. The summed E-state index contributed by atoms with van der Waals surface area (Å²) in [5.74, 6) is -1.87. The molecule has 3 rings (SSSR count). The number of anilines is 1. The number of carbonyl (C=O) groups is 2. The maximum Gasteiger partial charge on any atom is 0.329 e. The smallest absolute Gasteiger partial charge is 0.321 e. The molecule has 0 radical (unpaired) electrons. The summed E-state index contributed by atoms with van der Waals surface area (Å²) >= 11 is 5.98. The molecule has 1 aromatic heterocycles. The quantitative estimate of drug-likeness (QED) is 0.368. The molecule has 0 saturated carbocycles. The Hall–Kier alpha value is -3.45. The van der Waals surface area contributed by atoms with Crippen molar-refractivity contribution in [3.63, 3.8) is 0 Å². The fraction of sp³-hybridized carbons (Fsp3) is 0.0526. The van der Waals surface area contributed by atoms with Crippen LogP contribution in [0.25, 0.3) is 10.9 Å². The van der Waals surface area contributed by atoms with E-state index in [4.69, 9.17) is 11.6 Å². The van der Waals surface area contributed by atoms with E-state index in [1.165, 1.54) is 6.21 Å². The van der Waals surface area contributed by atoms with E-state index in [9.17, 15) is 14.4 Å². The highest BCUT2D eigenvalue weighted by Crippen LogP contribution is 2.22. The third-order valence-corrected chi connectivity index (χ3v) is 4.28. The second kappa shape index (κ2) is 7.84. The van der Waals surface area contributed by atoms with Crippen molar-refractivity contribution in [2.24, 2.45) is 5.10 Å². The van der Waals surface area contributed by atoms with E-state index in [0.29, 0.717) is 21.8 Å². The van der Waals surface area contributed by atoms with Crippen molar-refractivity contribution < 1.29 is 9.59 Å². The molecule has 0 unspecified atom stereocenters. The van der Waals surface area contributed by atoms with Gasteiger partial charge in [-0.1, -0.05) is 35.9 Å². The highest BCUT2D eigenvalue weighted by molar-refractivity contribution is 6.40. The zero-order valence-electron chi connectivity index (χ0n) is 14.2. The van der Waals surface area contributed by atoms with E-state index in [2.05, 4.69) is 20.8 Å². The van der Waals surface area contributed by atoms with Gasteiger partial charge in [0.2, 0.25) is 0 Å². The molecule has 0 saturated heterocycles. The Morgan fingerprint density at radius 1 is 1.11 bits per heavy atom. The summed E-state index contributed by atoms with van der Waals surface area (Å²) in [5.41, 5.74) is 3.76. The SMILES string of the molecule is Cc1c(Cl)cccc1NC(=O)C(=O)N/N=C/c1cc2ccccc2[nH]c1=O. The Kier molecular flexibility index (Phi) is 5.33. The average Bonchev–Trinajstić information content (AvgIpc) is 2.65. The summed E-state index contributed by atoms with van der Waals surface area (Å²) in [6.07, 6.45) is 1.18. The third kappa shape index (κ3) is 4.21. The molecule has 3 aromatic rings. The third-order valence-electron chi connectivity index (χ3n) is 3.87. The molecule has 3 N–H and O–H groups in total. The number of aromatic amines is 1. The maximum absolute atomic E-state index is 12.0. The number of nitrogens with one attached hydrogen (secondary N) is 3. The number of halogens is 1. The number of fused-ring (bicyclic) bond motifs is 1. The summed E-state index contributed by atoms with van der Waals surface area (Å²) in [6.45, 7) is 1.72. The lowest BCUT2D eigenvalue weighted by Crippen LogP contribution is -2.32. The largest absolute Gasteiger partial charge is 0.329 e. The lowest BCUT2D eigenvalue weighted by atomic mass is 10.2. The first kappa shape index (κ1) is 18.3. The topological polar surface area (TPSA) is 103 Å². The van der Waals surface area contributed by atoms with Crippen LogP contribution in [-0.2, 0) is 9.59 Å². The van der Waals surface area contributed by atoms with Crippen LogP contribution in [0.15, 0.2) is 58.4 Å². The predicted molar refractivity (Wildman–Crippen MR) is 105 cm³/mol. The number of rotatable bonds is 3. The number of pyridine rings is 1. The van der Waals surface area contributed by atoms with Crippen molar-refractivity contribution in [3.8, 4) is 0 Å². The molecule has 2 amide bonds. The van der Waals surface area contributed by atoms with E-state index >= 15 is 0 Å². The number of hydrogen-bond donors (Lipinski definition) is 3. The average molecular weight is 383 g/mol. The van der Waals surface area contributed by atoms with Crippen LogP contribution >= 0.6 is 11.6 Å². The first-order valence-corrected chi connectivity index (χ1v) is 8.35. The molecule has 0 aliphatic carbocycles. The van der Waals surface area contributed by atoms with Crippen molar-refractivity contribution >= 4 is 46.2 Å². The van der Waals surface area contributed by atoms with E-state index in [0.717, 1.165) is 5.39 Å². The fourth-order valence-electron chi connectivity index (χ4n) is 2.39. The molecule has 0 bridgehead atoms. The van der Waals surface area contributed by atoms with Gasteiger partial charge in [-0.15, -0.1) is 0 Å². The van der Waals surface area contributed by atoms with E-state index in [-0.39, 0.29) is 11.1 Å². The molecule has 2 aromatic carbocycles. The first-order chi connectivity index (χ1) is 13.0. The van der Waals surface area contributed by atoms with Crippen molar-refractivity contribution in [3.05, 3.63) is 75.0 Å². The summed E-state index contributed by atoms with van der Waals surface area (Å²) < 4.78 is 0. The van der Waals surface area contributed by atoms with Crippen LogP contribution < -0.4 is 16.3 Å². The normalized spacial score (nSPS) is 10.9. The van der Waals surface area contributed by atoms with Gasteiger partial charge >= 0.3 is 11.8 Å². The molecule has 0 spiro atoms. The minimum absolute atomic E-state index is 0.250. The van der Waals surface area contributed by atoms with Crippen molar-refractivity contribution in [1.29, 1.82) is 0 Å². The van der Waals surface area contributed by atoms with Gasteiger partial charge in [0.05, 0.1) is 11.8 Å². The second-order valence-corrected chi connectivity index (χ2v) is 6.11. The predicted octanol–water partition coefficient (Wildman–Crippen LogP) is 2.58. The Morgan fingerprint density at radius 2 is 1.89 bits per heavy atom. The van der Waals surface area contributed by atoms with Crippen molar-refractivity contribution in [2.75, 3.05) is 5.32 Å². The molecule has 7 nitrogen and oxygen atoms in total. The summed E-state index contributed by atoms with van der Waals surface area (Å²) in [5, 5.41) is 7.43. The Morgan fingerprint density at radius 3 is 2.70 bits per heavy atom. The highest BCUT2D eigenvalue weighted by atomic mass is 35.5. The zero-order chi connectivity index (χ0) is 19.4. The molecule has 0 aliphatic heterocycles. The number of nitrogens with zero attached hydrogens (tertiary/aromatic N) is 1. The van der Waals surface area contributed by atoms with Gasteiger partial charge in [0, 0.05) is 16.2 Å². The van der Waals surface area contributed by atoms with Gasteiger partial charge in [-0.3, -0.25) is 14.4 Å². The molecule has 0 aliphatic rings. The van der Waals surface area contributed by atoms with Crippen LogP contribution in [0.1, 0.15) is 11.1 Å². The van der Waals surface area contributed by atoms with Crippen molar-refractivity contribution in [1.82, 2.24) is 10.4 Å². The minimum atomic E-state index is -0.970. The second-order valence-electron chi connectivity index (χ2n) is 5.71. The number of H-pyrrole nitrogens is 1. The number of carbonyl (C=O) groups excluding carboxylic acids is 2. The van der Waals surface area contributed by atoms with Gasteiger partial charge in [0.1, 0.15) is 0 Å². The van der Waals surface area contributed by atoms with Gasteiger partial charge in [-0.25, -0.2) is 5.43 Å². The van der Waals surface area contributed by atoms with Gasteiger partial charge in [-0.05, 0) is 42.1 Å². The molecule has 27 heavy (non-hydrogen) atoms. The van der Waals surface area contributed by atoms with Crippen LogP contribution in [0.5, 0.6) is 0 Å². The van der Waals surface area contributed by atoms with Crippen LogP contribution in [0.2, 0.25) is 5.02 Å². The number of amides is 2. The summed E-state index contributed by atoms with van der Waals surface area (Å²) in [4.78, 5) is 38.5. The molecule has 136 valence electrons. The maximum atomic E-state index is 12.0. The number of benzene rings is 2. The lowest BCUT2D eigenvalue weighted by Gasteiger charge is -2.08. The molecular formula is C19H15ClN4O3. The summed E-state index contributed by atoms with van der Waals surface area (Å²) in [7, 11) is 0. The number of para-hydroxylation sites is 1. The number of hydrogen-bond acceptors (Lipinski definition) is 4. The number of hydrazone groups is 1. The van der Waals surface area contributed by atoms with Crippen LogP contribution in [0, 0.1) is 6.92 Å². The zero-order valence-corrected chi connectivity index (χ0v) is 15.0. The Bertz CT molecular complexity index is 1120. The molecular weight excluding hydrogens is 368 g/mol. The summed E-state index contributed by atoms with van der Waals surface area (Å²) in [6, 6.07) is 13.9. The van der Waals surface area contributed by atoms with Crippen LogP contribution in [-0.4, -0.2) is 23.0 Å². The molecule has 0 atom stereocenters. The lowest BCUT2D eigenvalue weighted by molar-refractivity contribution is -0.136. The van der Waals surface area contributed by atoms with Crippen LogP contribution in [0.3, 0.4) is 0 Å². The first-order valence-electron chi connectivity index (χ1n) is 7.97. The van der Waals surface area contributed by atoms with E-state index in [1.54, 1.807) is 37.3 Å². The van der Waals surface area contributed by atoms with Gasteiger partial charge in [-0.2, -0.15) is 5.10 Å². The minimum Gasteiger partial charge on any atom is -0.321 e.